The minimum atomic E-state index is -0.435. The van der Waals surface area contributed by atoms with E-state index in [4.69, 9.17) is 11.6 Å². The molecule has 28 heavy (non-hydrogen) atoms. The van der Waals surface area contributed by atoms with Crippen molar-refractivity contribution in [3.63, 3.8) is 0 Å². The molecule has 0 amide bonds. The molecule has 0 spiro atoms. The van der Waals surface area contributed by atoms with E-state index in [1.807, 2.05) is 14.1 Å². The first-order valence-corrected chi connectivity index (χ1v) is 10.2. The molecule has 0 atom stereocenters. The van der Waals surface area contributed by atoms with E-state index in [0.29, 0.717) is 33.2 Å². The van der Waals surface area contributed by atoms with Gasteiger partial charge in [-0.2, -0.15) is 0 Å². The van der Waals surface area contributed by atoms with E-state index in [2.05, 4.69) is 22.0 Å². The van der Waals surface area contributed by atoms with Crippen LogP contribution in [0.2, 0.25) is 5.02 Å². The second-order valence-electron chi connectivity index (χ2n) is 6.39. The predicted molar refractivity (Wildman–Crippen MR) is 119 cm³/mol. The Labute approximate surface area is 174 Å². The standard InChI is InChI=1S/C20H24ClFN4OS/c1-5-8-28-25-19-10-14(21)9-18(20(19)22)24-16-6-7-17(23-12-26(3)4)15(11-27)13(16)2/h6-7,9-12,24-25H,5,8H2,1-4H3. The van der Waals surface area contributed by atoms with Gasteiger partial charge >= 0.3 is 0 Å². The van der Waals surface area contributed by atoms with Crippen LogP contribution in [0.15, 0.2) is 29.3 Å². The zero-order chi connectivity index (χ0) is 20.7. The molecular formula is C20H24ClFN4OS. The molecule has 8 heteroatoms. The number of anilines is 3. The Hall–Kier alpha value is -2.25. The van der Waals surface area contributed by atoms with Gasteiger partial charge in [0.25, 0.3) is 0 Å². The molecule has 0 saturated carbocycles. The summed E-state index contributed by atoms with van der Waals surface area (Å²) < 4.78 is 17.9. The van der Waals surface area contributed by atoms with Crippen LogP contribution in [0.25, 0.3) is 0 Å². The van der Waals surface area contributed by atoms with Gasteiger partial charge in [-0.05, 0) is 43.2 Å². The van der Waals surface area contributed by atoms with Crippen molar-refractivity contribution in [2.45, 2.75) is 20.3 Å². The molecule has 2 N–H and O–H groups in total. The SMILES string of the molecule is CCCSNc1cc(Cl)cc(Nc2ccc(N=CN(C)C)c(C=O)c2C)c1F. The molecule has 0 fully saturated rings. The summed E-state index contributed by atoms with van der Waals surface area (Å²) in [5.41, 5.74) is 2.83. The summed E-state index contributed by atoms with van der Waals surface area (Å²) in [4.78, 5) is 17.7. The van der Waals surface area contributed by atoms with Crippen LogP contribution in [0.5, 0.6) is 0 Å². The molecule has 0 unspecified atom stereocenters. The average molecular weight is 423 g/mol. The highest BCUT2D eigenvalue weighted by Gasteiger charge is 2.14. The first-order chi connectivity index (χ1) is 13.4. The normalized spacial score (nSPS) is 10.9. The highest BCUT2D eigenvalue weighted by molar-refractivity contribution is 8.00. The summed E-state index contributed by atoms with van der Waals surface area (Å²) in [5, 5.41) is 3.46. The summed E-state index contributed by atoms with van der Waals surface area (Å²) in [6.07, 6.45) is 3.35. The third kappa shape index (κ3) is 5.62. The highest BCUT2D eigenvalue weighted by atomic mass is 35.5. The van der Waals surface area contributed by atoms with Crippen molar-refractivity contribution in [2.75, 3.05) is 29.9 Å². The van der Waals surface area contributed by atoms with Gasteiger partial charge in [-0.1, -0.05) is 30.5 Å². The Balaban J connectivity index is 2.36. The van der Waals surface area contributed by atoms with E-state index >= 15 is 0 Å². The van der Waals surface area contributed by atoms with Gasteiger partial charge in [0, 0.05) is 36.1 Å². The molecule has 0 saturated heterocycles. The summed E-state index contributed by atoms with van der Waals surface area (Å²) in [7, 11) is 3.69. The number of halogens is 2. The molecule has 2 aromatic carbocycles. The van der Waals surface area contributed by atoms with Crippen LogP contribution in [0.3, 0.4) is 0 Å². The van der Waals surface area contributed by atoms with Crippen molar-refractivity contribution in [2.24, 2.45) is 4.99 Å². The van der Waals surface area contributed by atoms with Crippen LogP contribution in [0, 0.1) is 12.7 Å². The van der Waals surface area contributed by atoms with E-state index in [1.54, 1.807) is 36.4 Å². The zero-order valence-electron chi connectivity index (χ0n) is 16.3. The Morgan fingerprint density at radius 1 is 1.25 bits per heavy atom. The van der Waals surface area contributed by atoms with Crippen molar-refractivity contribution in [1.29, 1.82) is 0 Å². The van der Waals surface area contributed by atoms with Crippen molar-refractivity contribution in [1.82, 2.24) is 4.90 Å². The van der Waals surface area contributed by atoms with Crippen molar-refractivity contribution >= 4 is 58.9 Å². The number of nitrogens with zero attached hydrogens (tertiary/aromatic N) is 2. The van der Waals surface area contributed by atoms with Gasteiger partial charge in [0.1, 0.15) is 0 Å². The molecule has 2 rings (SSSR count). The molecule has 0 aliphatic heterocycles. The van der Waals surface area contributed by atoms with Gasteiger partial charge in [0.2, 0.25) is 0 Å². The molecule has 0 aliphatic rings. The molecule has 5 nitrogen and oxygen atoms in total. The van der Waals surface area contributed by atoms with E-state index in [9.17, 15) is 9.18 Å². The first-order valence-electron chi connectivity index (χ1n) is 8.80. The number of hydrogen-bond acceptors (Lipinski definition) is 5. The topological polar surface area (TPSA) is 56.7 Å². The lowest BCUT2D eigenvalue weighted by Gasteiger charge is -2.16. The third-order valence-corrected chi connectivity index (χ3v) is 5.03. The molecule has 0 aromatic heterocycles. The lowest BCUT2D eigenvalue weighted by atomic mass is 10.1. The Bertz CT molecular complexity index is 874. The Morgan fingerprint density at radius 2 is 1.96 bits per heavy atom. The minimum absolute atomic E-state index is 0.233. The quantitative estimate of drug-likeness (QED) is 0.170. The summed E-state index contributed by atoms with van der Waals surface area (Å²) in [5.74, 6) is 0.417. The van der Waals surface area contributed by atoms with Crippen LogP contribution in [-0.2, 0) is 0 Å². The maximum absolute atomic E-state index is 14.9. The number of aldehydes is 1. The number of aliphatic imine (C=N–C) groups is 1. The van der Waals surface area contributed by atoms with Crippen LogP contribution >= 0.6 is 23.5 Å². The number of hydrogen-bond donors (Lipinski definition) is 2. The fourth-order valence-corrected chi connectivity index (χ4v) is 3.25. The lowest BCUT2D eigenvalue weighted by Crippen LogP contribution is -2.07. The zero-order valence-corrected chi connectivity index (χ0v) is 17.9. The summed E-state index contributed by atoms with van der Waals surface area (Å²) in [6, 6.07) is 6.56. The number of nitrogens with one attached hydrogen (secondary N) is 2. The lowest BCUT2D eigenvalue weighted by molar-refractivity contribution is 0.112. The van der Waals surface area contributed by atoms with Crippen LogP contribution in [0.1, 0.15) is 29.3 Å². The van der Waals surface area contributed by atoms with Gasteiger partial charge in [-0.15, -0.1) is 0 Å². The monoisotopic (exact) mass is 422 g/mol. The summed E-state index contributed by atoms with van der Waals surface area (Å²) >= 11 is 7.58. The second-order valence-corrected chi connectivity index (χ2v) is 7.72. The predicted octanol–water partition coefficient (Wildman–Crippen LogP) is 6.04. The van der Waals surface area contributed by atoms with Crippen molar-refractivity contribution < 1.29 is 9.18 Å². The number of carbonyl (C=O) groups excluding carboxylic acids is 1. The maximum atomic E-state index is 14.9. The number of carbonyl (C=O) groups is 1. The fraction of sp³-hybridized carbons (Fsp3) is 0.300. The first kappa shape index (κ1) is 22.0. The van der Waals surface area contributed by atoms with Crippen molar-refractivity contribution in [3.05, 3.63) is 46.2 Å². The molecule has 0 bridgehead atoms. The van der Waals surface area contributed by atoms with E-state index in [-0.39, 0.29) is 5.69 Å². The Kier molecular flexibility index (Phi) is 8.14. The van der Waals surface area contributed by atoms with Gasteiger partial charge in [0.15, 0.2) is 12.1 Å². The smallest absolute Gasteiger partial charge is 0.170 e. The van der Waals surface area contributed by atoms with Crippen LogP contribution < -0.4 is 10.0 Å². The number of rotatable bonds is 9. The molecule has 0 aliphatic carbocycles. The molecule has 150 valence electrons. The van der Waals surface area contributed by atoms with Gasteiger partial charge in [0.05, 0.1) is 23.4 Å². The average Bonchev–Trinajstić information content (AvgIpc) is 2.65. The molecule has 0 radical (unpaired) electrons. The van der Waals surface area contributed by atoms with E-state index in [1.165, 1.54) is 18.0 Å². The van der Waals surface area contributed by atoms with E-state index < -0.39 is 5.82 Å². The van der Waals surface area contributed by atoms with Gasteiger partial charge in [-0.3, -0.25) is 4.79 Å². The fourth-order valence-electron chi connectivity index (χ4n) is 2.42. The maximum Gasteiger partial charge on any atom is 0.170 e. The minimum Gasteiger partial charge on any atom is -0.369 e. The molecule has 0 heterocycles. The van der Waals surface area contributed by atoms with Gasteiger partial charge < -0.3 is 14.9 Å². The third-order valence-electron chi connectivity index (χ3n) is 3.83. The van der Waals surface area contributed by atoms with Crippen molar-refractivity contribution in [3.8, 4) is 0 Å². The van der Waals surface area contributed by atoms with Gasteiger partial charge in [-0.25, -0.2) is 9.38 Å². The molecular weight excluding hydrogens is 399 g/mol. The molecule has 2 aromatic rings. The Morgan fingerprint density at radius 3 is 2.61 bits per heavy atom. The largest absolute Gasteiger partial charge is 0.369 e. The van der Waals surface area contributed by atoms with Crippen LogP contribution in [-0.4, -0.2) is 37.4 Å². The van der Waals surface area contributed by atoms with Crippen LogP contribution in [0.4, 0.5) is 27.1 Å². The number of benzene rings is 2. The second kappa shape index (κ2) is 10.3. The van der Waals surface area contributed by atoms with E-state index in [0.717, 1.165) is 18.5 Å². The highest BCUT2D eigenvalue weighted by Crippen LogP contribution is 2.34. The summed E-state index contributed by atoms with van der Waals surface area (Å²) in [6.45, 7) is 3.84.